The summed E-state index contributed by atoms with van der Waals surface area (Å²) in [6, 6.07) is 2.99. The monoisotopic (exact) mass is 277 g/mol. The van der Waals surface area contributed by atoms with Gasteiger partial charge < -0.3 is 10.4 Å². The lowest BCUT2D eigenvalue weighted by Gasteiger charge is -2.13. The van der Waals surface area contributed by atoms with E-state index >= 15 is 0 Å². The van der Waals surface area contributed by atoms with Crippen molar-refractivity contribution in [2.24, 2.45) is 0 Å². The summed E-state index contributed by atoms with van der Waals surface area (Å²) < 4.78 is 37.0. The van der Waals surface area contributed by atoms with E-state index in [9.17, 15) is 18.1 Å². The van der Waals surface area contributed by atoms with Crippen molar-refractivity contribution >= 4 is 10.8 Å². The van der Waals surface area contributed by atoms with Crippen LogP contribution in [0.4, 0.5) is 8.78 Å². The summed E-state index contributed by atoms with van der Waals surface area (Å²) in [7, 11) is -0.835. The molecular weight excluding hydrogens is 260 g/mol. The first-order chi connectivity index (χ1) is 8.50. The summed E-state index contributed by atoms with van der Waals surface area (Å²) in [5.41, 5.74) is -0.0541. The minimum absolute atomic E-state index is 0.0541. The second kappa shape index (κ2) is 7.56. The van der Waals surface area contributed by atoms with Gasteiger partial charge in [-0.2, -0.15) is 0 Å². The zero-order chi connectivity index (χ0) is 13.5. The Morgan fingerprint density at radius 2 is 2.17 bits per heavy atom. The number of benzene rings is 1. The third-order valence-electron chi connectivity index (χ3n) is 2.44. The smallest absolute Gasteiger partial charge is 0.129 e. The van der Waals surface area contributed by atoms with Crippen LogP contribution in [0.25, 0.3) is 0 Å². The first-order valence-corrected chi connectivity index (χ1v) is 7.37. The molecule has 0 aliphatic rings. The predicted molar refractivity (Wildman–Crippen MR) is 67.7 cm³/mol. The van der Waals surface area contributed by atoms with Crippen LogP contribution in [-0.2, 0) is 10.8 Å². The minimum atomic E-state index is -1.09. The fourth-order valence-electron chi connectivity index (χ4n) is 1.52. The summed E-state index contributed by atoms with van der Waals surface area (Å²) in [5.74, 6) is -0.621. The van der Waals surface area contributed by atoms with Gasteiger partial charge in [-0.1, -0.05) is 0 Å². The highest BCUT2D eigenvalue weighted by atomic mass is 32.2. The maximum atomic E-state index is 13.3. The summed E-state index contributed by atoms with van der Waals surface area (Å²) in [6.45, 7) is 0.713. The number of nitrogens with one attached hydrogen (secondary N) is 1. The minimum Gasteiger partial charge on any atom is -0.387 e. The lowest BCUT2D eigenvalue weighted by Crippen LogP contribution is -2.24. The molecule has 0 aromatic heterocycles. The van der Waals surface area contributed by atoms with E-state index in [4.69, 9.17) is 0 Å². The standard InChI is InChI=1S/C12H17F2NO2S/c1-18(17)6-2-5-15-8-12(16)10-7-9(13)3-4-11(10)14/h3-4,7,12,15-16H,2,5-6,8H2,1H3. The van der Waals surface area contributed by atoms with Crippen LogP contribution < -0.4 is 5.32 Å². The zero-order valence-electron chi connectivity index (χ0n) is 10.2. The van der Waals surface area contributed by atoms with E-state index in [1.165, 1.54) is 0 Å². The number of aliphatic hydroxyl groups excluding tert-OH is 1. The second-order valence-corrected chi connectivity index (χ2v) is 5.57. The van der Waals surface area contributed by atoms with Crippen LogP contribution in [0.5, 0.6) is 0 Å². The second-order valence-electron chi connectivity index (χ2n) is 4.02. The maximum absolute atomic E-state index is 13.3. The van der Waals surface area contributed by atoms with Crippen LogP contribution in [0.2, 0.25) is 0 Å². The fraction of sp³-hybridized carbons (Fsp3) is 0.500. The SMILES string of the molecule is CS(=O)CCCNCC(O)c1cc(F)ccc1F. The molecule has 18 heavy (non-hydrogen) atoms. The Kier molecular flexibility index (Phi) is 6.38. The molecule has 0 bridgehead atoms. The number of hydrogen-bond donors (Lipinski definition) is 2. The molecule has 2 atom stereocenters. The zero-order valence-corrected chi connectivity index (χ0v) is 11.0. The molecule has 0 heterocycles. The molecule has 0 radical (unpaired) electrons. The van der Waals surface area contributed by atoms with Crippen molar-refractivity contribution in [3.8, 4) is 0 Å². The third kappa shape index (κ3) is 5.20. The lowest BCUT2D eigenvalue weighted by atomic mass is 10.1. The van der Waals surface area contributed by atoms with Gasteiger partial charge in [-0.05, 0) is 31.2 Å². The molecule has 0 spiro atoms. The molecule has 1 aromatic rings. The van der Waals surface area contributed by atoms with Gasteiger partial charge in [0, 0.05) is 34.9 Å². The molecule has 1 aromatic carbocycles. The van der Waals surface area contributed by atoms with E-state index in [2.05, 4.69) is 5.32 Å². The Morgan fingerprint density at radius 1 is 1.44 bits per heavy atom. The van der Waals surface area contributed by atoms with Gasteiger partial charge in [0.05, 0.1) is 6.10 Å². The van der Waals surface area contributed by atoms with Crippen molar-refractivity contribution in [2.45, 2.75) is 12.5 Å². The molecule has 102 valence electrons. The molecule has 0 saturated carbocycles. The highest BCUT2D eigenvalue weighted by Gasteiger charge is 2.13. The van der Waals surface area contributed by atoms with Crippen LogP contribution in [0, 0.1) is 11.6 Å². The van der Waals surface area contributed by atoms with Crippen LogP contribution in [0.1, 0.15) is 18.1 Å². The average molecular weight is 277 g/mol. The Bertz CT molecular complexity index is 415. The highest BCUT2D eigenvalue weighted by Crippen LogP contribution is 2.17. The molecular formula is C12H17F2NO2S. The maximum Gasteiger partial charge on any atom is 0.129 e. The van der Waals surface area contributed by atoms with E-state index in [-0.39, 0.29) is 12.1 Å². The number of aliphatic hydroxyl groups is 1. The van der Waals surface area contributed by atoms with Crippen LogP contribution in [-0.4, -0.2) is 34.4 Å². The predicted octanol–water partition coefficient (Wildman–Crippen LogP) is 1.36. The van der Waals surface area contributed by atoms with E-state index in [1.54, 1.807) is 6.26 Å². The van der Waals surface area contributed by atoms with Gasteiger partial charge in [-0.15, -0.1) is 0 Å². The van der Waals surface area contributed by atoms with E-state index in [0.717, 1.165) is 18.2 Å². The highest BCUT2D eigenvalue weighted by molar-refractivity contribution is 7.84. The van der Waals surface area contributed by atoms with Crippen molar-refractivity contribution in [2.75, 3.05) is 25.1 Å². The van der Waals surface area contributed by atoms with Gasteiger partial charge in [0.2, 0.25) is 0 Å². The lowest BCUT2D eigenvalue weighted by molar-refractivity contribution is 0.170. The molecule has 2 N–H and O–H groups in total. The largest absolute Gasteiger partial charge is 0.387 e. The number of halogens is 2. The van der Waals surface area contributed by atoms with E-state index in [0.29, 0.717) is 18.7 Å². The topological polar surface area (TPSA) is 49.3 Å². The molecule has 0 aliphatic heterocycles. The first kappa shape index (κ1) is 15.2. The summed E-state index contributed by atoms with van der Waals surface area (Å²) in [5, 5.41) is 12.6. The molecule has 0 fully saturated rings. The average Bonchev–Trinajstić information content (AvgIpc) is 2.31. The molecule has 3 nitrogen and oxygen atoms in total. The molecule has 1 rings (SSSR count). The van der Waals surface area contributed by atoms with Crippen molar-refractivity contribution in [1.29, 1.82) is 0 Å². The van der Waals surface area contributed by atoms with Gasteiger partial charge in [0.25, 0.3) is 0 Å². The van der Waals surface area contributed by atoms with Gasteiger partial charge in [-0.25, -0.2) is 8.78 Å². The summed E-state index contributed by atoms with van der Waals surface area (Å²) >= 11 is 0. The van der Waals surface area contributed by atoms with E-state index < -0.39 is 28.5 Å². The van der Waals surface area contributed by atoms with Crippen LogP contribution in [0.3, 0.4) is 0 Å². The molecule has 0 saturated heterocycles. The first-order valence-electron chi connectivity index (χ1n) is 5.64. The Hall–Kier alpha value is -0.850. The van der Waals surface area contributed by atoms with Gasteiger partial charge in [0.1, 0.15) is 11.6 Å². The Balaban J connectivity index is 2.38. The van der Waals surface area contributed by atoms with Crippen molar-refractivity contribution in [3.05, 3.63) is 35.4 Å². The molecule has 0 aliphatic carbocycles. The van der Waals surface area contributed by atoms with Gasteiger partial charge in [0.15, 0.2) is 0 Å². The fourth-order valence-corrected chi connectivity index (χ4v) is 2.07. The molecule has 2 unspecified atom stereocenters. The molecule has 6 heteroatoms. The van der Waals surface area contributed by atoms with Crippen LogP contribution in [0.15, 0.2) is 18.2 Å². The third-order valence-corrected chi connectivity index (χ3v) is 3.30. The van der Waals surface area contributed by atoms with Crippen molar-refractivity contribution in [3.63, 3.8) is 0 Å². The van der Waals surface area contributed by atoms with Crippen molar-refractivity contribution in [1.82, 2.24) is 5.32 Å². The van der Waals surface area contributed by atoms with E-state index in [1.807, 2.05) is 0 Å². The molecule has 0 amide bonds. The number of rotatable bonds is 7. The normalized spacial score (nSPS) is 14.4. The quantitative estimate of drug-likeness (QED) is 0.740. The van der Waals surface area contributed by atoms with Crippen molar-refractivity contribution < 1.29 is 18.1 Å². The Morgan fingerprint density at radius 3 is 2.83 bits per heavy atom. The van der Waals surface area contributed by atoms with Gasteiger partial charge >= 0.3 is 0 Å². The Labute approximate surface area is 108 Å². The van der Waals surface area contributed by atoms with Crippen LogP contribution >= 0.6 is 0 Å². The number of hydrogen-bond acceptors (Lipinski definition) is 3. The summed E-state index contributed by atoms with van der Waals surface area (Å²) in [6.07, 6.45) is 1.24. The summed E-state index contributed by atoms with van der Waals surface area (Å²) in [4.78, 5) is 0. The van der Waals surface area contributed by atoms with Gasteiger partial charge in [-0.3, -0.25) is 4.21 Å².